The second-order valence-corrected chi connectivity index (χ2v) is 0.875. The van der Waals surface area contributed by atoms with E-state index in [0.717, 1.165) is 0 Å². The molecule has 0 aromatic carbocycles. The highest BCUT2D eigenvalue weighted by atomic mass is 15.6. The van der Waals surface area contributed by atoms with Gasteiger partial charge in [0.2, 0.25) is 0 Å². The molecular formula is H7N7. The highest BCUT2D eigenvalue weighted by Crippen LogP contribution is 1.31. The van der Waals surface area contributed by atoms with Crippen LogP contribution in [0.5, 0.6) is 0 Å². The summed E-state index contributed by atoms with van der Waals surface area (Å²) in [6, 6.07) is 0. The molecule has 1 rings (SSSR count). The number of hydrogen-bond acceptors (Lipinski definition) is 0. The molecule has 7 nitrogen and oxygen atoms in total. The van der Waals surface area contributed by atoms with Crippen molar-refractivity contribution >= 4 is 0 Å². The molecule has 0 saturated heterocycles. The van der Waals surface area contributed by atoms with Gasteiger partial charge in [-0.15, -0.1) is 0 Å². The molecule has 0 atom stereocenters. The van der Waals surface area contributed by atoms with E-state index >= 15 is 0 Å². The maximum Gasteiger partial charge on any atom is -0.213 e. The largest absolute Gasteiger partial charge is 0.213 e. The Morgan fingerprint density at radius 3 is 0.571 bits per heavy atom. The number of H-pyrrole nitrogens is 7. The first-order valence-electron chi connectivity index (χ1n) is 1.75. The van der Waals surface area contributed by atoms with Gasteiger partial charge >= 0.3 is 0 Å². The molecule has 0 spiro atoms. The fraction of sp³-hybridized carbons (Fsp3) is 0. The van der Waals surface area contributed by atoms with Crippen LogP contribution in [0.2, 0.25) is 0 Å². The standard InChI is InChI=1S/H7N7/c1-2-4-6-7-5-3-1/h1-7H. The van der Waals surface area contributed by atoms with Crippen LogP contribution in [0.1, 0.15) is 0 Å². The third-order valence-electron chi connectivity index (χ3n) is 0.438. The summed E-state index contributed by atoms with van der Waals surface area (Å²) < 4.78 is 0. The van der Waals surface area contributed by atoms with Crippen LogP contribution in [0, 0.1) is 0 Å². The summed E-state index contributed by atoms with van der Waals surface area (Å²) in [6.45, 7) is 0. The molecule has 1 heterocycles. The van der Waals surface area contributed by atoms with Gasteiger partial charge in [-0.1, -0.05) is 0 Å². The molecule has 42 valence electrons. The molecule has 0 unspecified atom stereocenters. The van der Waals surface area contributed by atoms with Gasteiger partial charge in [-0.25, -0.2) is 36.5 Å². The van der Waals surface area contributed by atoms with Crippen molar-refractivity contribution in [2.75, 3.05) is 0 Å². The van der Waals surface area contributed by atoms with Crippen molar-refractivity contribution in [3.63, 3.8) is 0 Å². The molecule has 0 saturated carbocycles. The van der Waals surface area contributed by atoms with Gasteiger partial charge in [-0.3, -0.25) is 0 Å². The summed E-state index contributed by atoms with van der Waals surface area (Å²) in [7, 11) is 0. The molecule has 1 aromatic heterocycles. The van der Waals surface area contributed by atoms with E-state index in [0.29, 0.717) is 0 Å². The van der Waals surface area contributed by atoms with Gasteiger partial charge in [0.05, 0.1) is 0 Å². The average molecular weight is 105 g/mol. The van der Waals surface area contributed by atoms with E-state index in [1.807, 2.05) is 0 Å². The first-order chi connectivity index (χ1) is 3.50. The van der Waals surface area contributed by atoms with E-state index in [2.05, 4.69) is 36.5 Å². The fourth-order valence-corrected chi connectivity index (χ4v) is 0.219. The number of aromatic nitrogens is 7. The molecule has 0 aliphatic rings. The highest BCUT2D eigenvalue weighted by Gasteiger charge is 1.42. The molecule has 0 amide bonds. The monoisotopic (exact) mass is 105 g/mol. The SMILES string of the molecule is [nH]1[nH][nH][nH][nH][nH][nH]1. The van der Waals surface area contributed by atoms with Crippen LogP contribution < -0.4 is 0 Å². The Hall–Kier alpha value is -1.40. The van der Waals surface area contributed by atoms with Crippen molar-refractivity contribution in [1.29, 1.82) is 0 Å². The Balaban J connectivity index is 3.06. The molecule has 0 aliphatic heterocycles. The molecule has 7 heteroatoms. The number of nitrogens with one attached hydrogen (secondary N) is 7. The summed E-state index contributed by atoms with van der Waals surface area (Å²) >= 11 is 0. The molecule has 0 bridgehead atoms. The van der Waals surface area contributed by atoms with Crippen molar-refractivity contribution in [1.82, 2.24) is 36.5 Å². The minimum absolute atomic E-state index is 2.50. The molecule has 0 fully saturated rings. The lowest BCUT2D eigenvalue weighted by molar-refractivity contribution is 0.732. The molecule has 0 radical (unpaired) electrons. The first-order valence-corrected chi connectivity index (χ1v) is 1.75. The molecule has 1 aromatic rings. The highest BCUT2D eigenvalue weighted by molar-refractivity contribution is 3.84. The van der Waals surface area contributed by atoms with Crippen molar-refractivity contribution in [2.24, 2.45) is 0 Å². The Labute approximate surface area is 37.8 Å². The van der Waals surface area contributed by atoms with Gasteiger partial charge in [0, 0.05) is 0 Å². The van der Waals surface area contributed by atoms with Crippen LogP contribution in [0.3, 0.4) is 0 Å². The normalized spacial score (nSPS) is 8.00. The Bertz CT molecular complexity index is 88.0. The zero-order valence-electron chi connectivity index (χ0n) is 3.50. The average Bonchev–Trinajstić information content (AvgIpc) is 1.90. The van der Waals surface area contributed by atoms with Gasteiger partial charge in [0.1, 0.15) is 0 Å². The summed E-state index contributed by atoms with van der Waals surface area (Å²) in [5.41, 5.74) is 0. The number of aromatic amines is 7. The summed E-state index contributed by atoms with van der Waals surface area (Å²) in [5.74, 6) is 0. The quantitative estimate of drug-likeness (QED) is 0.225. The lowest BCUT2D eigenvalue weighted by Crippen LogP contribution is -1.79. The Morgan fingerprint density at radius 2 is 0.429 bits per heavy atom. The predicted octanol–water partition coefficient (Wildman–Crippen LogP) is -0.768. The van der Waals surface area contributed by atoms with Gasteiger partial charge in [0.25, 0.3) is 0 Å². The summed E-state index contributed by atoms with van der Waals surface area (Å²) in [6.07, 6.45) is 0. The first kappa shape index (κ1) is 3.78. The maximum absolute atomic E-state index is 2.50. The minimum Gasteiger partial charge on any atom is -0.213 e. The van der Waals surface area contributed by atoms with Crippen molar-refractivity contribution < 1.29 is 0 Å². The molecular weight excluding hydrogens is 98.0 g/mol. The third kappa shape index (κ3) is 0.992. The Kier molecular flexibility index (Phi) is 1.03. The summed E-state index contributed by atoms with van der Waals surface area (Å²) in [5, 5.41) is 17.5. The zero-order chi connectivity index (χ0) is 4.95. The van der Waals surface area contributed by atoms with E-state index in [9.17, 15) is 0 Å². The maximum atomic E-state index is 2.50. The molecule has 0 aliphatic carbocycles. The van der Waals surface area contributed by atoms with Crippen LogP contribution in [0.25, 0.3) is 0 Å². The van der Waals surface area contributed by atoms with Gasteiger partial charge in [-0.2, -0.15) is 0 Å². The lowest BCUT2D eigenvalue weighted by atomic mass is 12.5. The van der Waals surface area contributed by atoms with Crippen molar-refractivity contribution in [3.8, 4) is 0 Å². The van der Waals surface area contributed by atoms with Gasteiger partial charge in [0.15, 0.2) is 0 Å². The number of hydrogen-bond donors (Lipinski definition) is 7. The van der Waals surface area contributed by atoms with Gasteiger partial charge in [-0.05, 0) is 0 Å². The van der Waals surface area contributed by atoms with E-state index < -0.39 is 0 Å². The smallest absolute Gasteiger partial charge is 0.213 e. The van der Waals surface area contributed by atoms with Crippen LogP contribution in [-0.2, 0) is 0 Å². The predicted molar refractivity (Wildman–Crippen MR) is 22.2 cm³/mol. The van der Waals surface area contributed by atoms with E-state index in [4.69, 9.17) is 0 Å². The molecule has 7 heavy (non-hydrogen) atoms. The van der Waals surface area contributed by atoms with Crippen LogP contribution >= 0.6 is 0 Å². The fourth-order valence-electron chi connectivity index (χ4n) is 0.219. The lowest BCUT2D eigenvalue weighted by Gasteiger charge is -1.68. The summed E-state index contributed by atoms with van der Waals surface area (Å²) in [4.78, 5) is 0. The van der Waals surface area contributed by atoms with E-state index in [1.165, 1.54) is 0 Å². The van der Waals surface area contributed by atoms with Crippen molar-refractivity contribution in [2.45, 2.75) is 0 Å². The van der Waals surface area contributed by atoms with E-state index in [1.54, 1.807) is 0 Å². The van der Waals surface area contributed by atoms with Crippen LogP contribution in [0.15, 0.2) is 0 Å². The molecule has 7 N–H and O–H groups in total. The minimum atomic E-state index is 2.50. The van der Waals surface area contributed by atoms with Gasteiger partial charge < -0.3 is 0 Å². The van der Waals surface area contributed by atoms with E-state index in [-0.39, 0.29) is 0 Å². The van der Waals surface area contributed by atoms with Crippen molar-refractivity contribution in [3.05, 3.63) is 0 Å². The second-order valence-electron chi connectivity index (χ2n) is 0.875. The van der Waals surface area contributed by atoms with Crippen LogP contribution in [-0.4, -0.2) is 36.5 Å². The number of rotatable bonds is 0. The topological polar surface area (TPSA) is 111 Å². The van der Waals surface area contributed by atoms with Crippen LogP contribution in [0.4, 0.5) is 0 Å². The zero-order valence-corrected chi connectivity index (χ0v) is 3.50. The Morgan fingerprint density at radius 1 is 0.286 bits per heavy atom. The second kappa shape index (κ2) is 1.90. The third-order valence-corrected chi connectivity index (χ3v) is 0.438.